The molecule has 0 aliphatic carbocycles. The Morgan fingerprint density at radius 2 is 1.35 bits per heavy atom. The molecule has 500 valence electrons. The number of aromatic hydroxyl groups is 1. The van der Waals surface area contributed by atoms with Gasteiger partial charge in [0.2, 0.25) is 53.1 Å². The van der Waals surface area contributed by atoms with E-state index in [1.54, 1.807) is 0 Å². The number of fused-ring (bicyclic) bond motifs is 2. The SMILES string of the molecule is CCCCOc1ccc(-c2ccc(-c3nnc(-c4ccc(C(=O)N[C@H]5CC(O)CNC(=O)C6C(O)C(C)CN6C(=O)C(C(O)CC(N)=O)NC(=O)C(C(O)C(O)c6ccc(O)c(OSOOO)c6)NC(=O)C6CC(O)CN6C(=O)C(C(C)O)NC5=O)cc4)o3)cc2)cc1. The Kier molecular flexibility index (Phi) is 23.8. The van der Waals surface area contributed by atoms with Crippen molar-refractivity contribution in [2.45, 2.75) is 132 Å². The van der Waals surface area contributed by atoms with E-state index in [9.17, 15) is 79.2 Å². The second-order valence-corrected chi connectivity index (χ2v) is 23.1. The predicted octanol–water partition coefficient (Wildman–Crippen LogP) is -1.37. The molecule has 32 nitrogen and oxygen atoms in total. The number of nitrogens with one attached hydrogen (secondary N) is 5. The van der Waals surface area contributed by atoms with Gasteiger partial charge in [0, 0.05) is 55.1 Å². The van der Waals surface area contributed by atoms with Crippen LogP contribution in [-0.2, 0) is 42.9 Å². The van der Waals surface area contributed by atoms with Gasteiger partial charge in [-0.2, -0.15) is 0 Å². The van der Waals surface area contributed by atoms with Crippen molar-refractivity contribution in [3.05, 3.63) is 102 Å². The molecule has 13 unspecified atom stereocenters. The zero-order valence-electron chi connectivity index (χ0n) is 50.2. The average molecular weight is 1320 g/mol. The number of rotatable bonds is 20. The van der Waals surface area contributed by atoms with Crippen molar-refractivity contribution >= 4 is 59.6 Å². The van der Waals surface area contributed by atoms with Gasteiger partial charge in [0.15, 0.2) is 11.5 Å². The fourth-order valence-corrected chi connectivity index (χ4v) is 11.0. The number of primary amides is 1. The molecule has 8 rings (SSSR count). The van der Waals surface area contributed by atoms with Crippen LogP contribution < -0.4 is 41.2 Å². The van der Waals surface area contributed by atoms with E-state index in [0.29, 0.717) is 22.6 Å². The summed E-state index contributed by atoms with van der Waals surface area (Å²) in [5, 5.41) is 122. The van der Waals surface area contributed by atoms with E-state index >= 15 is 0 Å². The summed E-state index contributed by atoms with van der Waals surface area (Å²) >= 11 is -0.0269. The maximum absolute atomic E-state index is 14.7. The smallest absolute Gasteiger partial charge is 0.261 e. The van der Waals surface area contributed by atoms with E-state index in [4.69, 9.17) is 24.3 Å². The van der Waals surface area contributed by atoms with Crippen LogP contribution in [0.5, 0.6) is 17.2 Å². The minimum absolute atomic E-state index is 0.0269. The molecule has 4 aromatic carbocycles. The highest BCUT2D eigenvalue weighted by Crippen LogP contribution is 2.35. The molecular formula is C60H72N10O22S. The monoisotopic (exact) mass is 1320 g/mol. The lowest BCUT2D eigenvalue weighted by Crippen LogP contribution is -2.64. The summed E-state index contributed by atoms with van der Waals surface area (Å²) < 4.78 is 21.0. The van der Waals surface area contributed by atoms with Gasteiger partial charge in [-0.1, -0.05) is 60.0 Å². The molecule has 3 fully saturated rings. The number of ether oxygens (including phenoxy) is 1. The zero-order valence-corrected chi connectivity index (χ0v) is 51.0. The first-order chi connectivity index (χ1) is 44.4. The molecule has 3 aliphatic rings. The van der Waals surface area contributed by atoms with Gasteiger partial charge in [-0.15, -0.1) is 10.2 Å². The topological polar surface area (TPSA) is 487 Å². The largest absolute Gasteiger partial charge is 0.504 e. The number of unbranched alkanes of at least 4 members (excludes halogenated alkanes) is 1. The van der Waals surface area contributed by atoms with Gasteiger partial charge in [0.25, 0.3) is 18.2 Å². The Bertz CT molecular complexity index is 3460. The van der Waals surface area contributed by atoms with Crippen molar-refractivity contribution in [3.63, 3.8) is 0 Å². The number of hydrogen-bond acceptors (Lipinski definition) is 25. The molecule has 5 aromatic rings. The van der Waals surface area contributed by atoms with Crippen LogP contribution in [0.3, 0.4) is 0 Å². The first kappa shape index (κ1) is 70.0. The summed E-state index contributed by atoms with van der Waals surface area (Å²) in [6.07, 6.45) is -14.3. The number of carbonyl (C=O) groups is 8. The number of carbonyl (C=O) groups excluding carboxylic acids is 8. The predicted molar refractivity (Wildman–Crippen MR) is 322 cm³/mol. The van der Waals surface area contributed by atoms with E-state index in [2.05, 4.69) is 53.1 Å². The average Bonchev–Trinajstić information content (AvgIpc) is 1.71. The molecule has 16 N–H and O–H groups in total. The van der Waals surface area contributed by atoms with E-state index in [1.165, 1.54) is 31.2 Å². The van der Waals surface area contributed by atoms with Crippen molar-refractivity contribution in [2.24, 2.45) is 11.7 Å². The van der Waals surface area contributed by atoms with Gasteiger partial charge in [-0.3, -0.25) is 38.4 Å². The van der Waals surface area contributed by atoms with E-state index in [0.717, 1.165) is 59.7 Å². The van der Waals surface area contributed by atoms with E-state index in [1.807, 2.05) is 48.5 Å². The van der Waals surface area contributed by atoms with Gasteiger partial charge in [0.05, 0.1) is 43.5 Å². The third kappa shape index (κ3) is 17.2. The van der Waals surface area contributed by atoms with Crippen LogP contribution in [0.15, 0.2) is 95.4 Å². The number of β-amino-alcohol motifs (C(OH)–C–C–N with tert-alkyl or cyclic N) is 1. The van der Waals surface area contributed by atoms with Crippen molar-refractivity contribution < 1.29 is 107 Å². The van der Waals surface area contributed by atoms with Crippen LogP contribution in [0, 0.1) is 5.92 Å². The molecule has 14 atom stereocenters. The Morgan fingerprint density at radius 3 is 1.98 bits per heavy atom. The van der Waals surface area contributed by atoms with Gasteiger partial charge >= 0.3 is 0 Å². The molecule has 0 bridgehead atoms. The maximum Gasteiger partial charge on any atom is 0.261 e. The summed E-state index contributed by atoms with van der Waals surface area (Å²) in [4.78, 5) is 115. The van der Waals surface area contributed by atoms with Gasteiger partial charge in [-0.25, -0.2) is 5.26 Å². The quantitative estimate of drug-likeness (QED) is 0.0185. The fourth-order valence-electron chi connectivity index (χ4n) is 10.8. The lowest BCUT2D eigenvalue weighted by Gasteiger charge is -2.34. The van der Waals surface area contributed by atoms with Crippen LogP contribution in [0.25, 0.3) is 34.0 Å². The lowest BCUT2D eigenvalue weighted by atomic mass is 9.96. The van der Waals surface area contributed by atoms with Crippen LogP contribution >= 0.6 is 12.3 Å². The Labute approximate surface area is 534 Å². The van der Waals surface area contributed by atoms with Crippen LogP contribution in [0.2, 0.25) is 0 Å². The first-order valence-electron chi connectivity index (χ1n) is 29.4. The minimum atomic E-state index is -2.54. The maximum atomic E-state index is 14.7. The van der Waals surface area contributed by atoms with Crippen LogP contribution in [-0.4, -0.2) is 212 Å². The molecule has 0 saturated carbocycles. The number of aliphatic hydroxyl groups is 7. The third-order valence-corrected chi connectivity index (χ3v) is 16.2. The molecule has 0 radical (unpaired) electrons. The molecule has 4 heterocycles. The Hall–Kier alpha value is -8.87. The summed E-state index contributed by atoms with van der Waals surface area (Å²) in [5.41, 5.74) is 7.86. The molecule has 3 aliphatic heterocycles. The number of phenols is 1. The second-order valence-electron chi connectivity index (χ2n) is 22.6. The Balaban J connectivity index is 1.07. The van der Waals surface area contributed by atoms with Gasteiger partial charge < -0.3 is 96.3 Å². The fraction of sp³-hybridized carbons (Fsp3) is 0.433. The molecule has 1 aromatic heterocycles. The van der Waals surface area contributed by atoms with E-state index < -0.39 is 183 Å². The summed E-state index contributed by atoms with van der Waals surface area (Å²) in [5.74, 6) is -11.0. The molecule has 93 heavy (non-hydrogen) atoms. The molecule has 33 heteroatoms. The number of aliphatic hydroxyl groups excluding tert-OH is 7. The highest BCUT2D eigenvalue weighted by atomic mass is 32.2. The van der Waals surface area contributed by atoms with Crippen molar-refractivity contribution in [1.29, 1.82) is 0 Å². The number of aromatic nitrogens is 2. The summed E-state index contributed by atoms with van der Waals surface area (Å²) in [6, 6.07) is 11.4. The number of nitrogens with two attached hydrogens (primary N) is 1. The molecular weight excluding hydrogens is 1240 g/mol. The van der Waals surface area contributed by atoms with Crippen molar-refractivity contribution in [1.82, 2.24) is 46.6 Å². The summed E-state index contributed by atoms with van der Waals surface area (Å²) in [7, 11) is 0. The number of phenolic OH excluding ortho intramolecular Hbond substituents is 1. The molecule has 8 amide bonds. The van der Waals surface area contributed by atoms with Crippen molar-refractivity contribution in [3.8, 4) is 51.3 Å². The third-order valence-electron chi connectivity index (χ3n) is 15.8. The van der Waals surface area contributed by atoms with Gasteiger partial charge in [0.1, 0.15) is 54.2 Å². The number of nitrogens with zero attached hydrogens (tertiary/aromatic N) is 4. The normalized spacial score (nSPS) is 24.8. The highest BCUT2D eigenvalue weighted by Gasteiger charge is 2.50. The van der Waals surface area contributed by atoms with Crippen LogP contribution in [0.1, 0.15) is 74.9 Å². The second kappa shape index (κ2) is 31.6. The number of hydrogen-bond donors (Lipinski definition) is 15. The minimum Gasteiger partial charge on any atom is -0.504 e. The van der Waals surface area contributed by atoms with Crippen molar-refractivity contribution in [2.75, 3.05) is 26.2 Å². The zero-order chi connectivity index (χ0) is 67.4. The van der Waals surface area contributed by atoms with E-state index in [-0.39, 0.29) is 35.2 Å². The van der Waals surface area contributed by atoms with Gasteiger partial charge in [-0.05, 0) is 90.7 Å². The summed E-state index contributed by atoms with van der Waals surface area (Å²) in [6.45, 7) is 3.36. The first-order valence-corrected chi connectivity index (χ1v) is 30.1. The Morgan fingerprint density at radius 1 is 0.753 bits per heavy atom. The standard InChI is InChI=1S/C60H72N10O22S/c1-4-5-20-88-38-17-14-31(15-18-38)30-6-10-33(11-7-30)57-67-68-58(89-57)34-12-8-32(9-13-34)52(80)63-39-22-36(72)25-62-56(84)48-49(77)28(2)26-70(48)60(86)46(42(75)24-44(61)76)65-55(83)47(51(79)50(78)35-16-19-41(74)43(21-35)90-93-92-91-87)66-54(82)40-23-37(73)27-69(40)59(85)45(29(3)71)64-53(39)81/h6-19,21,28-29,36-37,39-40,42,45-51,71-75,77-79,87H,4-5,20,22-27H2,1-3H3,(H2,61,76)(H,62,84)(H,63,80)(H,64,81)(H,65,83)(H,66,82)/t28?,29?,36?,37?,39-,40?,42?,45?,46?,47?,48?,49?,50?,51?/m0/s1. The number of amides is 8. The number of benzene rings is 4. The van der Waals surface area contributed by atoms with Crippen LogP contribution in [0.4, 0.5) is 0 Å². The molecule has 3 saturated heterocycles. The molecule has 0 spiro atoms. The highest BCUT2D eigenvalue weighted by molar-refractivity contribution is 7.90. The lowest BCUT2D eigenvalue weighted by molar-refractivity contribution is -0.433.